The third kappa shape index (κ3) is 14.2. The van der Waals surface area contributed by atoms with Gasteiger partial charge in [0.15, 0.2) is 0 Å². The third-order valence-corrected chi connectivity index (χ3v) is 8.96. The first kappa shape index (κ1) is 44.2. The van der Waals surface area contributed by atoms with Gasteiger partial charge in [-0.3, -0.25) is 33.6 Å². The lowest BCUT2D eigenvalue weighted by atomic mass is 10.0. The van der Waals surface area contributed by atoms with Gasteiger partial charge < -0.3 is 57.6 Å². The fourth-order valence-electron chi connectivity index (χ4n) is 5.36. The number of hydrogen-bond donors (Lipinski definition) is 10. The molecule has 1 aliphatic rings. The number of carbonyl (C=O) groups excluding carboxylic acids is 6. The number of benzene rings is 1. The molecule has 6 atom stereocenters. The molecule has 0 unspecified atom stereocenters. The zero-order valence-corrected chi connectivity index (χ0v) is 30.5. The molecule has 0 spiro atoms. The van der Waals surface area contributed by atoms with Gasteiger partial charge >= 0.3 is 11.9 Å². The Morgan fingerprint density at radius 3 is 2.08 bits per heavy atom. The molecule has 1 aromatic carbocycles. The van der Waals surface area contributed by atoms with E-state index in [0.29, 0.717) is 17.7 Å². The molecule has 0 saturated carbocycles. The van der Waals surface area contributed by atoms with Crippen LogP contribution in [0.5, 0.6) is 5.75 Å². The lowest BCUT2D eigenvalue weighted by Gasteiger charge is -2.28. The summed E-state index contributed by atoms with van der Waals surface area (Å²) in [5, 5.41) is 49.8. The van der Waals surface area contributed by atoms with Gasteiger partial charge in [0.2, 0.25) is 35.4 Å². The number of rotatable bonds is 21. The number of nitrogens with zero attached hydrogens (tertiary/aromatic N) is 1. The second kappa shape index (κ2) is 21.5. The molecule has 0 bridgehead atoms. The van der Waals surface area contributed by atoms with Crippen LogP contribution in [0.2, 0.25) is 0 Å². The fraction of sp³-hybridized carbons (Fsp3) is 0.576. The van der Waals surface area contributed by atoms with Gasteiger partial charge in [0.05, 0.1) is 19.6 Å². The van der Waals surface area contributed by atoms with Crippen LogP contribution >= 0.6 is 11.8 Å². The van der Waals surface area contributed by atoms with Crippen LogP contribution in [-0.2, 0) is 44.8 Å². The lowest BCUT2D eigenvalue weighted by Crippen LogP contribution is -2.58. The Morgan fingerprint density at radius 2 is 1.51 bits per heavy atom. The fourth-order valence-corrected chi connectivity index (χ4v) is 5.83. The first-order valence-electron chi connectivity index (χ1n) is 16.8. The summed E-state index contributed by atoms with van der Waals surface area (Å²) in [6, 6.07) is -2.29. The van der Waals surface area contributed by atoms with Crippen LogP contribution in [0, 0.1) is 5.92 Å². The number of phenolic OH excluding ortho intramolecular Hbond substituents is 1. The number of carbonyl (C=O) groups is 8. The Bertz CT molecular complexity index is 1480. The maximum Gasteiger partial charge on any atom is 0.326 e. The molecule has 1 aromatic rings. The number of likely N-dealkylation sites (tertiary alicyclic amines) is 1. The molecule has 2 rings (SSSR count). The first-order valence-corrected chi connectivity index (χ1v) is 18.2. The van der Waals surface area contributed by atoms with Gasteiger partial charge in [-0.05, 0) is 54.9 Å². The number of aromatic hydroxyl groups is 1. The minimum absolute atomic E-state index is 0.0533. The highest BCUT2D eigenvalue weighted by Crippen LogP contribution is 2.18. The Hall–Kier alpha value is -4.95. The number of phenols is 1. The van der Waals surface area contributed by atoms with Crippen LogP contribution in [0.25, 0.3) is 0 Å². The Kier molecular flexibility index (Phi) is 18.0. The van der Waals surface area contributed by atoms with E-state index in [9.17, 15) is 53.7 Å². The van der Waals surface area contributed by atoms with Crippen molar-refractivity contribution in [3.8, 4) is 5.75 Å². The van der Waals surface area contributed by atoms with Crippen LogP contribution in [0.15, 0.2) is 24.3 Å². The maximum atomic E-state index is 13.5. The van der Waals surface area contributed by atoms with Gasteiger partial charge in [0.25, 0.3) is 0 Å². The number of aliphatic hydroxyl groups excluding tert-OH is 1. The van der Waals surface area contributed by atoms with Crippen LogP contribution in [0.1, 0.15) is 45.1 Å². The normalized spacial score (nSPS) is 16.7. The lowest BCUT2D eigenvalue weighted by molar-refractivity contribution is -0.143. The molecule has 1 fully saturated rings. The SMILES string of the molecule is CSCC[C@H](NC(=O)[C@@H]1CCCN1C(=O)CNC(=O)[C@@H](NC(=O)[C@@H](N)CO)C(C)C)C(=O)N[C@@H](CC(=O)O)C(=O)N[C@@H](Cc1ccc(O)cc1)C(=O)O. The molecule has 20 heteroatoms. The first-order chi connectivity index (χ1) is 25.0. The largest absolute Gasteiger partial charge is 0.508 e. The van der Waals surface area contributed by atoms with Gasteiger partial charge in [-0.15, -0.1) is 0 Å². The summed E-state index contributed by atoms with van der Waals surface area (Å²) in [5.41, 5.74) is 5.97. The molecule has 0 aromatic heterocycles. The van der Waals surface area contributed by atoms with Crippen LogP contribution in [0.4, 0.5) is 0 Å². The number of nitrogens with one attached hydrogen (secondary N) is 5. The highest BCUT2D eigenvalue weighted by Gasteiger charge is 2.37. The van der Waals surface area contributed by atoms with Gasteiger partial charge in [0.1, 0.15) is 42.0 Å². The zero-order chi connectivity index (χ0) is 39.8. The number of amides is 6. The van der Waals surface area contributed by atoms with Crippen LogP contribution < -0.4 is 32.3 Å². The molecule has 53 heavy (non-hydrogen) atoms. The molecule has 6 amide bonds. The van der Waals surface area contributed by atoms with E-state index < -0.39 is 109 Å². The Labute approximate surface area is 310 Å². The van der Waals surface area contributed by atoms with E-state index in [4.69, 9.17) is 10.8 Å². The second-order valence-electron chi connectivity index (χ2n) is 12.8. The van der Waals surface area contributed by atoms with Gasteiger partial charge in [0, 0.05) is 13.0 Å². The smallest absolute Gasteiger partial charge is 0.326 e. The van der Waals surface area contributed by atoms with E-state index in [1.807, 2.05) is 0 Å². The Morgan fingerprint density at radius 1 is 0.887 bits per heavy atom. The number of aliphatic carboxylic acids is 2. The minimum Gasteiger partial charge on any atom is -0.508 e. The van der Waals surface area contributed by atoms with Crippen molar-refractivity contribution in [3.05, 3.63) is 29.8 Å². The molecular formula is C33H49N7O12S. The average molecular weight is 768 g/mol. The van der Waals surface area contributed by atoms with Gasteiger partial charge in [-0.1, -0.05) is 26.0 Å². The Balaban J connectivity index is 2.13. The van der Waals surface area contributed by atoms with E-state index >= 15 is 0 Å². The number of carboxylic acid groups (broad SMARTS) is 2. The number of thioether (sulfide) groups is 1. The molecule has 1 heterocycles. The van der Waals surface area contributed by atoms with E-state index in [2.05, 4.69) is 26.6 Å². The van der Waals surface area contributed by atoms with Crippen molar-refractivity contribution in [1.82, 2.24) is 31.5 Å². The van der Waals surface area contributed by atoms with Crippen molar-refractivity contribution in [1.29, 1.82) is 0 Å². The number of aliphatic hydroxyl groups is 1. The van der Waals surface area contributed by atoms with E-state index in [0.717, 1.165) is 0 Å². The van der Waals surface area contributed by atoms with Gasteiger partial charge in [-0.25, -0.2) is 4.79 Å². The van der Waals surface area contributed by atoms with Gasteiger partial charge in [-0.2, -0.15) is 11.8 Å². The van der Waals surface area contributed by atoms with Crippen molar-refractivity contribution in [2.45, 2.75) is 82.2 Å². The summed E-state index contributed by atoms with van der Waals surface area (Å²) in [6.07, 6.45) is 1.35. The van der Waals surface area contributed by atoms with Crippen LogP contribution in [0.3, 0.4) is 0 Å². The maximum absolute atomic E-state index is 13.5. The van der Waals surface area contributed by atoms with E-state index in [1.165, 1.54) is 40.9 Å². The average Bonchev–Trinajstić information content (AvgIpc) is 3.61. The minimum atomic E-state index is -1.72. The summed E-state index contributed by atoms with van der Waals surface area (Å²) < 4.78 is 0. The van der Waals surface area contributed by atoms with Crippen molar-refractivity contribution < 1.29 is 58.8 Å². The molecule has 19 nitrogen and oxygen atoms in total. The topological polar surface area (TPSA) is 307 Å². The summed E-state index contributed by atoms with van der Waals surface area (Å²) >= 11 is 1.35. The molecular weight excluding hydrogens is 718 g/mol. The van der Waals surface area contributed by atoms with E-state index in [-0.39, 0.29) is 31.6 Å². The zero-order valence-electron chi connectivity index (χ0n) is 29.7. The van der Waals surface area contributed by atoms with Crippen LogP contribution in [-0.4, -0.2) is 141 Å². The second-order valence-corrected chi connectivity index (χ2v) is 13.7. The molecule has 0 radical (unpaired) electrons. The predicted octanol–water partition coefficient (Wildman–Crippen LogP) is -2.73. The molecule has 1 saturated heterocycles. The predicted molar refractivity (Wildman–Crippen MR) is 190 cm³/mol. The van der Waals surface area contributed by atoms with Crippen molar-refractivity contribution >= 4 is 59.1 Å². The summed E-state index contributed by atoms with van der Waals surface area (Å²) in [6.45, 7) is 2.33. The molecule has 294 valence electrons. The summed E-state index contributed by atoms with van der Waals surface area (Å²) in [5.74, 6) is -7.75. The van der Waals surface area contributed by atoms with Crippen molar-refractivity contribution in [2.75, 3.05) is 31.7 Å². The summed E-state index contributed by atoms with van der Waals surface area (Å²) in [4.78, 5) is 103. The summed E-state index contributed by atoms with van der Waals surface area (Å²) in [7, 11) is 0. The standard InChI is InChI=1S/C33H49N7O12S/c1-17(2)27(39-28(46)20(34)16-41)32(50)35-15-25(43)40-11-4-5-24(40)31(49)36-21(10-12-53-3)29(47)37-22(14-26(44)45)30(48)38-23(33(51)52)13-18-6-8-19(42)9-7-18/h6-9,17,20-24,27,41-42H,4-5,10-16,34H2,1-3H3,(H,35,50)(H,36,49)(H,37,47)(H,38,48)(H,39,46)(H,44,45)(H,51,52)/t20-,21-,22-,23-,24-,27-/m0/s1. The quantitative estimate of drug-likeness (QED) is 0.0608. The van der Waals surface area contributed by atoms with E-state index in [1.54, 1.807) is 20.1 Å². The number of carboxylic acids is 2. The molecule has 11 N–H and O–H groups in total. The monoisotopic (exact) mass is 767 g/mol. The highest BCUT2D eigenvalue weighted by molar-refractivity contribution is 7.98. The van der Waals surface area contributed by atoms with Crippen molar-refractivity contribution in [3.63, 3.8) is 0 Å². The van der Waals surface area contributed by atoms with Crippen molar-refractivity contribution in [2.24, 2.45) is 11.7 Å². The number of nitrogens with two attached hydrogens (primary N) is 1. The molecule has 0 aliphatic carbocycles. The molecule has 1 aliphatic heterocycles. The third-order valence-electron chi connectivity index (χ3n) is 8.32. The highest BCUT2D eigenvalue weighted by atomic mass is 32.2. The number of hydrogen-bond acceptors (Lipinski definition) is 12.